The molecule has 1 saturated heterocycles. The van der Waals surface area contributed by atoms with E-state index in [1.807, 2.05) is 0 Å². The zero-order chi connectivity index (χ0) is 11.7. The van der Waals surface area contributed by atoms with E-state index in [2.05, 4.69) is 4.98 Å². The van der Waals surface area contributed by atoms with Crippen LogP contribution in [0.4, 0.5) is 0 Å². The summed E-state index contributed by atoms with van der Waals surface area (Å²) in [5.74, 6) is -1.33. The van der Waals surface area contributed by atoms with Crippen molar-refractivity contribution in [3.05, 3.63) is 16.6 Å². The lowest BCUT2D eigenvalue weighted by molar-refractivity contribution is -0.171. The quantitative estimate of drug-likeness (QED) is 0.797. The van der Waals surface area contributed by atoms with Crippen LogP contribution in [0.15, 0.2) is 10.9 Å². The van der Waals surface area contributed by atoms with Crippen LogP contribution in [0.25, 0.3) is 0 Å². The van der Waals surface area contributed by atoms with Crippen LogP contribution in [0.1, 0.15) is 11.7 Å². The van der Waals surface area contributed by atoms with E-state index in [9.17, 15) is 9.59 Å². The SMILES string of the molecule is CN1C(=O)COC(C(=O)O)C1c1cscn1. The van der Waals surface area contributed by atoms with Gasteiger partial charge in [0.15, 0.2) is 6.10 Å². The third kappa shape index (κ3) is 1.79. The molecular formula is C9H10N2O4S. The Hall–Kier alpha value is -1.47. The second-order valence-electron chi connectivity index (χ2n) is 3.43. The molecule has 2 unspecified atom stereocenters. The van der Waals surface area contributed by atoms with Crippen LogP contribution in [0.5, 0.6) is 0 Å². The summed E-state index contributed by atoms with van der Waals surface area (Å²) in [6, 6.07) is -0.648. The highest BCUT2D eigenvalue weighted by atomic mass is 32.1. The predicted octanol–water partition coefficient (Wildman–Crippen LogP) is 0.126. The Morgan fingerprint density at radius 1 is 1.75 bits per heavy atom. The number of aliphatic carboxylic acids is 1. The molecule has 0 saturated carbocycles. The summed E-state index contributed by atoms with van der Waals surface area (Å²) in [6.07, 6.45) is -1.05. The highest BCUT2D eigenvalue weighted by Crippen LogP contribution is 2.28. The molecule has 7 heteroatoms. The number of rotatable bonds is 2. The summed E-state index contributed by atoms with van der Waals surface area (Å²) in [5.41, 5.74) is 2.15. The van der Waals surface area contributed by atoms with Crippen LogP contribution in [-0.4, -0.2) is 46.6 Å². The van der Waals surface area contributed by atoms with E-state index >= 15 is 0 Å². The summed E-state index contributed by atoms with van der Waals surface area (Å²) < 4.78 is 5.03. The molecule has 0 radical (unpaired) electrons. The molecular weight excluding hydrogens is 232 g/mol. The minimum atomic E-state index is -1.09. The summed E-state index contributed by atoms with van der Waals surface area (Å²) >= 11 is 1.35. The van der Waals surface area contributed by atoms with Gasteiger partial charge in [-0.3, -0.25) is 4.79 Å². The molecule has 0 aromatic carbocycles. The van der Waals surface area contributed by atoms with E-state index in [0.29, 0.717) is 5.69 Å². The van der Waals surface area contributed by atoms with Crippen molar-refractivity contribution >= 4 is 23.2 Å². The molecule has 86 valence electrons. The molecule has 0 spiro atoms. The Morgan fingerprint density at radius 2 is 2.50 bits per heavy atom. The Balaban J connectivity index is 2.34. The molecule has 16 heavy (non-hydrogen) atoms. The first-order valence-electron chi connectivity index (χ1n) is 4.59. The molecule has 1 aliphatic heterocycles. The molecule has 1 amide bonds. The van der Waals surface area contributed by atoms with Crippen LogP contribution < -0.4 is 0 Å². The third-order valence-electron chi connectivity index (χ3n) is 2.48. The number of ether oxygens (including phenoxy) is 1. The number of thiazole rings is 1. The third-order valence-corrected chi connectivity index (χ3v) is 3.09. The number of carbonyl (C=O) groups excluding carboxylic acids is 1. The largest absolute Gasteiger partial charge is 0.479 e. The highest BCUT2D eigenvalue weighted by Gasteiger charge is 2.41. The highest BCUT2D eigenvalue weighted by molar-refractivity contribution is 7.07. The monoisotopic (exact) mass is 242 g/mol. The Kier molecular flexibility index (Phi) is 2.88. The van der Waals surface area contributed by atoms with Crippen LogP contribution in [0.2, 0.25) is 0 Å². The van der Waals surface area contributed by atoms with E-state index in [-0.39, 0.29) is 12.5 Å². The van der Waals surface area contributed by atoms with Crippen LogP contribution >= 0.6 is 11.3 Å². The summed E-state index contributed by atoms with van der Waals surface area (Å²) in [5, 5.41) is 10.7. The summed E-state index contributed by atoms with van der Waals surface area (Å²) in [6.45, 7) is -0.200. The van der Waals surface area contributed by atoms with E-state index in [0.717, 1.165) is 0 Å². The van der Waals surface area contributed by atoms with Crippen LogP contribution in [0.3, 0.4) is 0 Å². The number of carbonyl (C=O) groups is 2. The lowest BCUT2D eigenvalue weighted by atomic mass is 10.1. The van der Waals surface area contributed by atoms with E-state index < -0.39 is 18.1 Å². The van der Waals surface area contributed by atoms with Crippen molar-refractivity contribution in [2.24, 2.45) is 0 Å². The van der Waals surface area contributed by atoms with E-state index in [4.69, 9.17) is 9.84 Å². The van der Waals surface area contributed by atoms with Crippen molar-refractivity contribution in [3.63, 3.8) is 0 Å². The van der Waals surface area contributed by atoms with Gasteiger partial charge in [0.2, 0.25) is 5.91 Å². The average Bonchev–Trinajstić information content (AvgIpc) is 2.74. The van der Waals surface area contributed by atoms with Crippen molar-refractivity contribution in [1.29, 1.82) is 0 Å². The smallest absolute Gasteiger partial charge is 0.335 e. The van der Waals surface area contributed by atoms with Gasteiger partial charge < -0.3 is 14.7 Å². The van der Waals surface area contributed by atoms with Crippen molar-refractivity contribution < 1.29 is 19.4 Å². The second-order valence-corrected chi connectivity index (χ2v) is 4.15. The molecule has 2 rings (SSSR count). The number of aromatic nitrogens is 1. The first-order valence-corrected chi connectivity index (χ1v) is 5.53. The Bertz CT molecular complexity index is 406. The van der Waals surface area contributed by atoms with Gasteiger partial charge in [-0.1, -0.05) is 0 Å². The number of likely N-dealkylation sites (N-methyl/N-ethyl adjacent to an activating group) is 1. The number of nitrogens with zero attached hydrogens (tertiary/aromatic N) is 2. The molecule has 1 aromatic heterocycles. The average molecular weight is 242 g/mol. The van der Waals surface area contributed by atoms with Crippen molar-refractivity contribution in [1.82, 2.24) is 9.88 Å². The fourth-order valence-corrected chi connectivity index (χ4v) is 2.22. The number of hydrogen-bond acceptors (Lipinski definition) is 5. The maximum absolute atomic E-state index is 11.5. The topological polar surface area (TPSA) is 79.7 Å². The standard InChI is InChI=1S/C9H10N2O4S/c1-11-6(12)2-15-8(9(13)14)7(11)5-3-16-4-10-5/h3-4,7-8H,2H2,1H3,(H,13,14). The lowest BCUT2D eigenvalue weighted by Gasteiger charge is -2.35. The first-order chi connectivity index (χ1) is 7.61. The van der Waals surface area contributed by atoms with E-state index in [1.165, 1.54) is 16.2 Å². The molecule has 1 aliphatic rings. The molecule has 2 heterocycles. The Labute approximate surface area is 95.5 Å². The van der Waals surface area contributed by atoms with Crippen LogP contribution in [-0.2, 0) is 14.3 Å². The number of carboxylic acids is 1. The zero-order valence-corrected chi connectivity index (χ0v) is 9.31. The zero-order valence-electron chi connectivity index (χ0n) is 8.49. The lowest BCUT2D eigenvalue weighted by Crippen LogP contribution is -2.50. The van der Waals surface area contributed by atoms with Crippen molar-refractivity contribution in [2.75, 3.05) is 13.7 Å². The number of amides is 1. The first kappa shape index (κ1) is 11.0. The second kappa shape index (κ2) is 4.18. The van der Waals surface area contributed by atoms with Gasteiger partial charge in [0.25, 0.3) is 0 Å². The minimum Gasteiger partial charge on any atom is -0.479 e. The molecule has 6 nitrogen and oxygen atoms in total. The fraction of sp³-hybridized carbons (Fsp3) is 0.444. The van der Waals surface area contributed by atoms with E-state index in [1.54, 1.807) is 17.9 Å². The summed E-state index contributed by atoms with van der Waals surface area (Å²) in [4.78, 5) is 27.9. The number of carboxylic acid groups (broad SMARTS) is 1. The number of morpholine rings is 1. The Morgan fingerprint density at radius 3 is 3.06 bits per heavy atom. The molecule has 0 aliphatic carbocycles. The maximum atomic E-state index is 11.5. The normalized spacial score (nSPS) is 25.8. The van der Waals surface area contributed by atoms with Gasteiger partial charge in [-0.15, -0.1) is 11.3 Å². The summed E-state index contributed by atoms with van der Waals surface area (Å²) in [7, 11) is 1.56. The van der Waals surface area contributed by atoms with Gasteiger partial charge in [0.05, 0.1) is 11.2 Å². The number of hydrogen-bond donors (Lipinski definition) is 1. The molecule has 0 bridgehead atoms. The predicted molar refractivity (Wildman–Crippen MR) is 55.0 cm³/mol. The van der Waals surface area contributed by atoms with Gasteiger partial charge in [0.1, 0.15) is 12.6 Å². The molecule has 1 fully saturated rings. The van der Waals surface area contributed by atoms with Crippen molar-refractivity contribution in [3.8, 4) is 0 Å². The van der Waals surface area contributed by atoms with Gasteiger partial charge >= 0.3 is 5.97 Å². The van der Waals surface area contributed by atoms with Gasteiger partial charge in [-0.2, -0.15) is 0 Å². The fourth-order valence-electron chi connectivity index (χ4n) is 1.64. The molecule has 1 N–H and O–H groups in total. The minimum absolute atomic E-state index is 0.200. The van der Waals surface area contributed by atoms with Crippen LogP contribution in [0, 0.1) is 0 Å². The van der Waals surface area contributed by atoms with Gasteiger partial charge in [-0.05, 0) is 0 Å². The molecule has 2 atom stereocenters. The maximum Gasteiger partial charge on any atom is 0.335 e. The van der Waals surface area contributed by atoms with Crippen molar-refractivity contribution in [2.45, 2.75) is 12.1 Å². The van der Waals surface area contributed by atoms with Gasteiger partial charge in [0, 0.05) is 12.4 Å². The van der Waals surface area contributed by atoms with Gasteiger partial charge in [-0.25, -0.2) is 9.78 Å². The molecule has 1 aromatic rings.